The molecule has 2 heterocycles. The summed E-state index contributed by atoms with van der Waals surface area (Å²) in [6.07, 6.45) is 3.18. The van der Waals surface area contributed by atoms with Crippen LogP contribution in [-0.4, -0.2) is 15.4 Å². The molecule has 0 saturated carbocycles. The van der Waals surface area contributed by atoms with Gasteiger partial charge in [-0.2, -0.15) is 0 Å². The number of carbonyl (C=O) groups excluding carboxylic acids is 1. The fourth-order valence-electron chi connectivity index (χ4n) is 1.10. The second-order valence-electron chi connectivity index (χ2n) is 2.39. The number of aromatic nitrogens is 2. The van der Waals surface area contributed by atoms with Crippen LogP contribution in [0.25, 0.3) is 11.0 Å². The lowest BCUT2D eigenvalue weighted by Crippen LogP contribution is -1.94. The van der Waals surface area contributed by atoms with Gasteiger partial charge in [-0.05, 0) is 12.1 Å². The molecule has 0 radical (unpaired) electrons. The van der Waals surface area contributed by atoms with Gasteiger partial charge in [0, 0.05) is 24.0 Å². The first-order valence-corrected chi connectivity index (χ1v) is 3.94. The predicted molar refractivity (Wildman–Crippen MR) is 48.0 cm³/mol. The van der Waals surface area contributed by atoms with Crippen LogP contribution < -0.4 is 4.74 Å². The molecule has 0 atom stereocenters. The molecule has 0 bridgehead atoms. The van der Waals surface area contributed by atoms with E-state index in [1.54, 1.807) is 18.3 Å². The lowest BCUT2D eigenvalue weighted by Gasteiger charge is -1.94. The minimum atomic E-state index is -0.857. The normalized spacial score (nSPS) is 10.2. The minimum Gasteiger partial charge on any atom is -0.412 e. The summed E-state index contributed by atoms with van der Waals surface area (Å²) in [6.45, 7) is 0. The minimum absolute atomic E-state index is 0.392. The van der Waals surface area contributed by atoms with Gasteiger partial charge in [-0.3, -0.25) is 0 Å². The fraction of sp³-hybridized carbons (Fsp3) is 0. The van der Waals surface area contributed by atoms with Crippen LogP contribution in [0.1, 0.15) is 0 Å². The topological polar surface area (TPSA) is 55.0 Å². The van der Waals surface area contributed by atoms with Crippen LogP contribution in [0.4, 0.5) is 4.79 Å². The number of halogens is 1. The van der Waals surface area contributed by atoms with Crippen LogP contribution in [0.5, 0.6) is 5.75 Å². The average molecular weight is 197 g/mol. The molecule has 0 amide bonds. The number of aromatic amines is 1. The van der Waals surface area contributed by atoms with E-state index in [9.17, 15) is 4.79 Å². The molecule has 1 N–H and O–H groups in total. The van der Waals surface area contributed by atoms with E-state index in [0.717, 1.165) is 5.39 Å². The van der Waals surface area contributed by atoms with Crippen molar-refractivity contribution in [3.05, 3.63) is 24.5 Å². The number of ether oxygens (including phenoxy) is 1. The number of nitrogens with zero attached hydrogens (tertiary/aromatic N) is 1. The number of rotatable bonds is 1. The van der Waals surface area contributed by atoms with E-state index < -0.39 is 5.43 Å². The highest BCUT2D eigenvalue weighted by Gasteiger charge is 2.07. The first kappa shape index (κ1) is 8.07. The maximum Gasteiger partial charge on any atom is 0.409 e. The number of pyridine rings is 1. The zero-order valence-electron chi connectivity index (χ0n) is 6.45. The maximum atomic E-state index is 10.5. The summed E-state index contributed by atoms with van der Waals surface area (Å²) in [5.74, 6) is 0.392. The molecule has 0 fully saturated rings. The molecule has 0 aliphatic rings. The lowest BCUT2D eigenvalue weighted by atomic mass is 10.3. The van der Waals surface area contributed by atoms with E-state index >= 15 is 0 Å². The highest BCUT2D eigenvalue weighted by atomic mass is 35.5. The lowest BCUT2D eigenvalue weighted by molar-refractivity contribution is 0.226. The second kappa shape index (κ2) is 3.06. The Morgan fingerprint density at radius 2 is 2.46 bits per heavy atom. The standard InChI is InChI=1S/C8H5ClN2O2/c9-8(12)13-6-4-11-7-5(6)2-1-3-10-7/h1-4H,(H,10,11). The summed E-state index contributed by atoms with van der Waals surface area (Å²) < 4.78 is 4.72. The molecule has 13 heavy (non-hydrogen) atoms. The van der Waals surface area contributed by atoms with Gasteiger partial charge in [0.15, 0.2) is 5.75 Å². The van der Waals surface area contributed by atoms with Gasteiger partial charge in [0.1, 0.15) is 5.65 Å². The summed E-state index contributed by atoms with van der Waals surface area (Å²) in [5.41, 5.74) is -0.194. The van der Waals surface area contributed by atoms with Crippen LogP contribution in [-0.2, 0) is 0 Å². The van der Waals surface area contributed by atoms with E-state index in [0.29, 0.717) is 11.4 Å². The van der Waals surface area contributed by atoms with Crippen molar-refractivity contribution in [3.8, 4) is 5.75 Å². The third kappa shape index (κ3) is 1.48. The molecule has 2 rings (SSSR count). The van der Waals surface area contributed by atoms with Crippen LogP contribution in [0.2, 0.25) is 0 Å². The quantitative estimate of drug-likeness (QED) is 0.712. The SMILES string of the molecule is O=C(Cl)Oc1c[nH]c2ncccc12. The van der Waals surface area contributed by atoms with E-state index in [1.807, 2.05) is 0 Å². The first-order chi connectivity index (χ1) is 6.27. The summed E-state index contributed by atoms with van der Waals surface area (Å²) in [6, 6.07) is 3.54. The Kier molecular flexibility index (Phi) is 1.90. The molecular formula is C8H5ClN2O2. The first-order valence-electron chi connectivity index (χ1n) is 3.57. The molecule has 5 heteroatoms. The van der Waals surface area contributed by atoms with Gasteiger partial charge in [0.05, 0.1) is 5.39 Å². The Bertz CT molecular complexity index is 452. The van der Waals surface area contributed by atoms with Crippen LogP contribution in [0, 0.1) is 0 Å². The van der Waals surface area contributed by atoms with Gasteiger partial charge in [0.25, 0.3) is 0 Å². The molecule has 2 aromatic heterocycles. The van der Waals surface area contributed by atoms with Crippen molar-refractivity contribution in [1.29, 1.82) is 0 Å². The monoisotopic (exact) mass is 196 g/mol. The van der Waals surface area contributed by atoms with Gasteiger partial charge in [-0.25, -0.2) is 9.78 Å². The zero-order chi connectivity index (χ0) is 9.26. The highest BCUT2D eigenvalue weighted by Crippen LogP contribution is 2.23. The van der Waals surface area contributed by atoms with E-state index in [-0.39, 0.29) is 0 Å². The molecular weight excluding hydrogens is 192 g/mol. The number of nitrogens with one attached hydrogen (secondary N) is 1. The van der Waals surface area contributed by atoms with E-state index in [4.69, 9.17) is 16.3 Å². The number of carbonyl (C=O) groups is 1. The Balaban J connectivity index is 2.51. The summed E-state index contributed by atoms with van der Waals surface area (Å²) in [5, 5.41) is 0.733. The molecule has 4 nitrogen and oxygen atoms in total. The fourth-order valence-corrected chi connectivity index (χ4v) is 1.18. The van der Waals surface area contributed by atoms with Gasteiger partial charge < -0.3 is 9.72 Å². The molecule has 0 unspecified atom stereocenters. The molecule has 2 aromatic rings. The number of hydrogen-bond acceptors (Lipinski definition) is 3. The third-order valence-corrected chi connectivity index (χ3v) is 1.68. The molecule has 0 aliphatic carbocycles. The van der Waals surface area contributed by atoms with Crippen LogP contribution in [0.3, 0.4) is 0 Å². The Morgan fingerprint density at radius 3 is 3.23 bits per heavy atom. The average Bonchev–Trinajstić information content (AvgIpc) is 2.48. The number of H-pyrrole nitrogens is 1. The zero-order valence-corrected chi connectivity index (χ0v) is 7.21. The Hall–Kier alpha value is -1.55. The highest BCUT2D eigenvalue weighted by molar-refractivity contribution is 6.61. The Morgan fingerprint density at radius 1 is 1.62 bits per heavy atom. The maximum absolute atomic E-state index is 10.5. The van der Waals surface area contributed by atoms with Crippen molar-refractivity contribution < 1.29 is 9.53 Å². The largest absolute Gasteiger partial charge is 0.412 e. The third-order valence-electron chi connectivity index (χ3n) is 1.60. The summed E-state index contributed by atoms with van der Waals surface area (Å²) in [4.78, 5) is 17.3. The molecule has 0 aromatic carbocycles. The van der Waals surface area contributed by atoms with E-state index in [2.05, 4.69) is 9.97 Å². The Labute approximate surface area is 78.5 Å². The summed E-state index contributed by atoms with van der Waals surface area (Å²) in [7, 11) is 0. The number of hydrogen-bond donors (Lipinski definition) is 1. The van der Waals surface area contributed by atoms with Gasteiger partial charge >= 0.3 is 5.43 Å². The van der Waals surface area contributed by atoms with Gasteiger partial charge in [-0.15, -0.1) is 0 Å². The van der Waals surface area contributed by atoms with Crippen molar-refractivity contribution in [2.24, 2.45) is 0 Å². The summed E-state index contributed by atoms with van der Waals surface area (Å²) >= 11 is 5.07. The van der Waals surface area contributed by atoms with Crippen molar-refractivity contribution >= 4 is 28.1 Å². The smallest absolute Gasteiger partial charge is 0.409 e. The number of fused-ring (bicyclic) bond motifs is 1. The van der Waals surface area contributed by atoms with Crippen LogP contribution >= 0.6 is 11.6 Å². The van der Waals surface area contributed by atoms with E-state index in [1.165, 1.54) is 6.20 Å². The molecule has 66 valence electrons. The van der Waals surface area contributed by atoms with Gasteiger partial charge in [-0.1, -0.05) is 0 Å². The molecule has 0 aliphatic heterocycles. The predicted octanol–water partition coefficient (Wildman–Crippen LogP) is 2.30. The van der Waals surface area contributed by atoms with Gasteiger partial charge in [0.2, 0.25) is 0 Å². The second-order valence-corrected chi connectivity index (χ2v) is 2.70. The van der Waals surface area contributed by atoms with Crippen molar-refractivity contribution in [3.63, 3.8) is 0 Å². The molecule has 0 saturated heterocycles. The van der Waals surface area contributed by atoms with Crippen molar-refractivity contribution in [1.82, 2.24) is 9.97 Å². The molecule has 0 spiro atoms. The van der Waals surface area contributed by atoms with Crippen molar-refractivity contribution in [2.45, 2.75) is 0 Å². The van der Waals surface area contributed by atoms with Crippen molar-refractivity contribution in [2.75, 3.05) is 0 Å². The van der Waals surface area contributed by atoms with Crippen LogP contribution in [0.15, 0.2) is 24.5 Å².